The molecule has 1 aliphatic carbocycles. The second-order valence-electron chi connectivity index (χ2n) is 7.01. The molecule has 1 amide bonds. The smallest absolute Gasteiger partial charge is 0.419 e. The number of amides is 1. The van der Waals surface area contributed by atoms with Crippen LogP contribution in [0.25, 0.3) is 0 Å². The summed E-state index contributed by atoms with van der Waals surface area (Å²) < 4.78 is 63.4. The first-order valence-corrected chi connectivity index (χ1v) is 8.70. The molecule has 27 heavy (non-hydrogen) atoms. The fourth-order valence-electron chi connectivity index (χ4n) is 3.54. The lowest BCUT2D eigenvalue weighted by atomic mass is 9.99. The highest BCUT2D eigenvalue weighted by Gasteiger charge is 2.53. The maximum Gasteiger partial charge on any atom is 0.419 e. The summed E-state index contributed by atoms with van der Waals surface area (Å²) in [7, 11) is 3.14. The molecule has 2 fully saturated rings. The molecule has 0 unspecified atom stereocenters. The molecule has 2 aliphatic rings. The Morgan fingerprint density at radius 3 is 2.67 bits per heavy atom. The van der Waals surface area contributed by atoms with Crippen LogP contribution in [-0.4, -0.2) is 62.4 Å². The van der Waals surface area contributed by atoms with Gasteiger partial charge in [-0.05, 0) is 37.6 Å². The topological polar surface area (TPSA) is 42.0 Å². The van der Waals surface area contributed by atoms with Crippen LogP contribution in [0.5, 0.6) is 0 Å². The third-order valence-corrected chi connectivity index (χ3v) is 5.36. The average molecular weight is 390 g/mol. The highest BCUT2D eigenvalue weighted by molar-refractivity contribution is 5.70. The molecule has 150 valence electrons. The highest BCUT2D eigenvalue weighted by Crippen LogP contribution is 2.52. The van der Waals surface area contributed by atoms with Crippen LogP contribution in [0.4, 0.5) is 22.4 Å². The largest absolute Gasteiger partial charge is 0.453 e. The van der Waals surface area contributed by atoms with Gasteiger partial charge in [0, 0.05) is 13.1 Å². The molecule has 1 atom stereocenters. The molecular weight excluding hydrogens is 368 g/mol. The molecule has 1 saturated carbocycles. The van der Waals surface area contributed by atoms with Gasteiger partial charge >= 0.3 is 12.3 Å². The van der Waals surface area contributed by atoms with E-state index in [0.29, 0.717) is 32.6 Å². The van der Waals surface area contributed by atoms with Gasteiger partial charge in [-0.1, -0.05) is 6.07 Å². The zero-order chi connectivity index (χ0) is 19.8. The van der Waals surface area contributed by atoms with Crippen molar-refractivity contribution in [3.8, 4) is 0 Å². The maximum absolute atomic E-state index is 13.7. The lowest BCUT2D eigenvalue weighted by Crippen LogP contribution is -2.53. The van der Waals surface area contributed by atoms with Crippen molar-refractivity contribution in [2.45, 2.75) is 30.6 Å². The minimum absolute atomic E-state index is 0.0992. The van der Waals surface area contributed by atoms with Gasteiger partial charge in [0.15, 0.2) is 0 Å². The molecule has 0 N–H and O–H groups in total. The monoisotopic (exact) mass is 390 g/mol. The van der Waals surface area contributed by atoms with Gasteiger partial charge in [-0.2, -0.15) is 13.2 Å². The number of carbonyl (C=O) groups excluding carboxylic acids is 1. The van der Waals surface area contributed by atoms with Crippen LogP contribution in [0.1, 0.15) is 24.0 Å². The van der Waals surface area contributed by atoms with E-state index in [0.717, 1.165) is 12.1 Å². The van der Waals surface area contributed by atoms with Crippen molar-refractivity contribution < 1.29 is 31.8 Å². The molecule has 1 aromatic carbocycles. The normalized spacial score (nSPS) is 22.4. The molecule has 9 heteroatoms. The first-order chi connectivity index (χ1) is 12.7. The molecule has 0 aromatic heterocycles. The lowest BCUT2D eigenvalue weighted by Gasteiger charge is -2.39. The Hall–Kier alpha value is -1.87. The Morgan fingerprint density at radius 2 is 2.11 bits per heavy atom. The Kier molecular flexibility index (Phi) is 5.36. The van der Waals surface area contributed by atoms with E-state index in [4.69, 9.17) is 9.47 Å². The Balaban J connectivity index is 1.93. The number of hydrogen-bond donors (Lipinski definition) is 0. The third kappa shape index (κ3) is 3.89. The third-order valence-electron chi connectivity index (χ3n) is 5.36. The van der Waals surface area contributed by atoms with Crippen LogP contribution >= 0.6 is 0 Å². The Labute approximate surface area is 154 Å². The van der Waals surface area contributed by atoms with Crippen molar-refractivity contribution in [2.75, 3.05) is 40.5 Å². The van der Waals surface area contributed by atoms with Gasteiger partial charge in [0.2, 0.25) is 0 Å². The van der Waals surface area contributed by atoms with Gasteiger partial charge in [-0.3, -0.25) is 9.80 Å². The van der Waals surface area contributed by atoms with Crippen LogP contribution in [0, 0.1) is 5.82 Å². The van der Waals surface area contributed by atoms with Gasteiger partial charge in [0.1, 0.15) is 5.82 Å². The van der Waals surface area contributed by atoms with Crippen molar-refractivity contribution in [2.24, 2.45) is 0 Å². The average Bonchev–Trinajstić information content (AvgIpc) is 3.41. The second kappa shape index (κ2) is 7.27. The van der Waals surface area contributed by atoms with E-state index in [1.165, 1.54) is 18.1 Å². The summed E-state index contributed by atoms with van der Waals surface area (Å²) in [4.78, 5) is 15.9. The summed E-state index contributed by atoms with van der Waals surface area (Å²) in [5.74, 6) is -1.33. The summed E-state index contributed by atoms with van der Waals surface area (Å²) >= 11 is 0. The zero-order valence-corrected chi connectivity index (χ0v) is 15.2. The number of benzene rings is 1. The number of hydrogen-bond acceptors (Lipinski definition) is 4. The van der Waals surface area contributed by atoms with Crippen LogP contribution < -0.4 is 0 Å². The van der Waals surface area contributed by atoms with Gasteiger partial charge in [-0.15, -0.1) is 0 Å². The molecule has 1 aromatic rings. The van der Waals surface area contributed by atoms with Gasteiger partial charge < -0.3 is 9.47 Å². The zero-order valence-electron chi connectivity index (χ0n) is 15.2. The van der Waals surface area contributed by atoms with E-state index >= 15 is 0 Å². The van der Waals surface area contributed by atoms with E-state index in [2.05, 4.69) is 0 Å². The molecule has 0 radical (unpaired) electrons. The van der Waals surface area contributed by atoms with E-state index in [9.17, 15) is 22.4 Å². The maximum atomic E-state index is 13.7. The van der Waals surface area contributed by atoms with Crippen LogP contribution in [0.3, 0.4) is 0 Å². The molecule has 0 spiro atoms. The number of rotatable bonds is 4. The standard InChI is InChI=1S/C18H22F4N2O3/c1-23-7-8-27-11-13(23)10-24(16(25)26-2)17(5-6-17)12-3-4-15(19)14(9-12)18(20,21)22/h3-4,9,13H,5-8,10-11H2,1-2H3/t13-/m1/s1. The number of carbonyl (C=O) groups is 1. The second-order valence-corrected chi connectivity index (χ2v) is 7.01. The highest BCUT2D eigenvalue weighted by atomic mass is 19.4. The molecule has 3 rings (SSSR count). The number of halogens is 4. The summed E-state index contributed by atoms with van der Waals surface area (Å²) in [5, 5.41) is 0. The van der Waals surface area contributed by atoms with Crippen molar-refractivity contribution in [3.63, 3.8) is 0 Å². The predicted molar refractivity (Wildman–Crippen MR) is 88.7 cm³/mol. The first-order valence-electron chi connectivity index (χ1n) is 8.70. The minimum atomic E-state index is -4.80. The van der Waals surface area contributed by atoms with E-state index < -0.39 is 29.2 Å². The molecule has 1 aliphatic heterocycles. The van der Waals surface area contributed by atoms with Crippen molar-refractivity contribution in [1.82, 2.24) is 9.80 Å². The summed E-state index contributed by atoms with van der Waals surface area (Å²) in [5.41, 5.74) is -1.98. The number of likely N-dealkylation sites (N-methyl/N-ethyl adjacent to an activating group) is 1. The van der Waals surface area contributed by atoms with Crippen molar-refractivity contribution >= 4 is 6.09 Å². The molecule has 1 saturated heterocycles. The van der Waals surface area contributed by atoms with E-state index in [1.54, 1.807) is 0 Å². The SMILES string of the molecule is COC(=O)N(C[C@@H]1COCCN1C)C1(c2ccc(F)c(C(F)(F)F)c2)CC1. The predicted octanol–water partition coefficient (Wildman–Crippen LogP) is 3.23. The number of morpholine rings is 1. The number of alkyl halides is 3. The van der Waals surface area contributed by atoms with Crippen LogP contribution in [0.2, 0.25) is 0 Å². The minimum Gasteiger partial charge on any atom is -0.453 e. The number of methoxy groups -OCH3 is 1. The van der Waals surface area contributed by atoms with E-state index in [-0.39, 0.29) is 18.2 Å². The molecular formula is C18H22F4N2O3. The number of nitrogens with zero attached hydrogens (tertiary/aromatic N) is 2. The van der Waals surface area contributed by atoms with Crippen molar-refractivity contribution in [3.05, 3.63) is 35.1 Å². The summed E-state index contributed by atoms with van der Waals surface area (Å²) in [6.45, 7) is 1.95. The number of ether oxygens (including phenoxy) is 2. The van der Waals surface area contributed by atoms with Gasteiger partial charge in [0.05, 0.1) is 37.5 Å². The summed E-state index contributed by atoms with van der Waals surface area (Å²) in [6.07, 6.45) is -4.45. The molecule has 1 heterocycles. The Bertz CT molecular complexity index is 706. The lowest BCUT2D eigenvalue weighted by molar-refractivity contribution is -0.140. The van der Waals surface area contributed by atoms with Crippen molar-refractivity contribution in [1.29, 1.82) is 0 Å². The first kappa shape index (κ1) is 19.9. The fraction of sp³-hybridized carbons (Fsp3) is 0.611. The quantitative estimate of drug-likeness (QED) is 0.741. The Morgan fingerprint density at radius 1 is 1.41 bits per heavy atom. The molecule has 0 bridgehead atoms. The van der Waals surface area contributed by atoms with Gasteiger partial charge in [0.25, 0.3) is 0 Å². The van der Waals surface area contributed by atoms with Crippen LogP contribution in [-0.2, 0) is 21.2 Å². The summed E-state index contributed by atoms with van der Waals surface area (Å²) in [6, 6.07) is 2.83. The van der Waals surface area contributed by atoms with E-state index in [1.807, 2.05) is 11.9 Å². The fourth-order valence-corrected chi connectivity index (χ4v) is 3.54. The molecule has 5 nitrogen and oxygen atoms in total. The van der Waals surface area contributed by atoms with Gasteiger partial charge in [-0.25, -0.2) is 9.18 Å². The van der Waals surface area contributed by atoms with Crippen LogP contribution in [0.15, 0.2) is 18.2 Å².